The predicted octanol–water partition coefficient (Wildman–Crippen LogP) is 10.1. The first-order valence-electron chi connectivity index (χ1n) is 14.3. The van der Waals surface area contributed by atoms with Gasteiger partial charge in [0.15, 0.2) is 0 Å². The summed E-state index contributed by atoms with van der Waals surface area (Å²) >= 11 is 0. The maximum absolute atomic E-state index is 4.47. The zero-order valence-corrected chi connectivity index (χ0v) is 26.4. The van der Waals surface area contributed by atoms with Crippen LogP contribution >= 0.6 is 0 Å². The molecule has 0 unspecified atom stereocenters. The summed E-state index contributed by atoms with van der Waals surface area (Å²) in [7, 11) is 0. The summed E-state index contributed by atoms with van der Waals surface area (Å²) in [5.74, 6) is 0. The average molecular weight is 742 g/mol. The minimum Gasteiger partial charge on any atom is -0.304 e. The molecule has 3 heterocycles. The van der Waals surface area contributed by atoms with Crippen LogP contribution in [-0.4, -0.2) is 15.0 Å². The molecule has 0 spiro atoms. The van der Waals surface area contributed by atoms with Gasteiger partial charge in [-0.15, -0.1) is 70.1 Å². The van der Waals surface area contributed by atoms with E-state index >= 15 is 0 Å². The molecule has 0 aliphatic heterocycles. The van der Waals surface area contributed by atoms with Crippen LogP contribution in [-0.2, 0) is 20.1 Å². The fourth-order valence-corrected chi connectivity index (χ4v) is 5.56. The molecule has 0 atom stereocenters. The van der Waals surface area contributed by atoms with Crippen LogP contribution in [0.4, 0.5) is 0 Å². The fourth-order valence-electron chi connectivity index (χ4n) is 5.56. The molecular formula is C40H27IrN3-2. The Labute approximate surface area is 269 Å². The number of hydrogen-bond donors (Lipinski definition) is 0. The van der Waals surface area contributed by atoms with Gasteiger partial charge in [-0.05, 0) is 57.9 Å². The van der Waals surface area contributed by atoms with Crippen molar-refractivity contribution >= 4 is 65.0 Å². The van der Waals surface area contributed by atoms with E-state index in [-0.39, 0.29) is 20.1 Å². The topological polar surface area (TPSA) is 38.7 Å². The van der Waals surface area contributed by atoms with Crippen LogP contribution < -0.4 is 0 Å². The molecular weight excluding hydrogens is 715 g/mol. The van der Waals surface area contributed by atoms with Crippen LogP contribution in [0.15, 0.2) is 146 Å². The molecule has 0 amide bonds. The average Bonchev–Trinajstić information content (AvgIpc) is 3.09. The minimum absolute atomic E-state index is 0. The van der Waals surface area contributed by atoms with Gasteiger partial charge in [0.2, 0.25) is 0 Å². The van der Waals surface area contributed by atoms with E-state index in [9.17, 15) is 0 Å². The van der Waals surface area contributed by atoms with Crippen molar-refractivity contribution in [3.05, 3.63) is 164 Å². The molecule has 0 bridgehead atoms. The normalized spacial score (nSPS) is 10.7. The maximum atomic E-state index is 4.47. The van der Waals surface area contributed by atoms with Crippen molar-refractivity contribution in [3.63, 3.8) is 0 Å². The first-order chi connectivity index (χ1) is 21.3. The van der Waals surface area contributed by atoms with Crippen molar-refractivity contribution in [2.45, 2.75) is 6.92 Å². The molecule has 4 heteroatoms. The van der Waals surface area contributed by atoms with Gasteiger partial charge in [-0.2, -0.15) is 0 Å². The monoisotopic (exact) mass is 742 g/mol. The summed E-state index contributed by atoms with van der Waals surface area (Å²) in [6.45, 7) is 2.14. The summed E-state index contributed by atoms with van der Waals surface area (Å²) in [5.41, 5.74) is 4.46. The Morgan fingerprint density at radius 3 is 1.36 bits per heavy atom. The van der Waals surface area contributed by atoms with Crippen LogP contribution in [0, 0.1) is 19.1 Å². The van der Waals surface area contributed by atoms with Gasteiger partial charge in [0.05, 0.1) is 5.52 Å². The molecule has 0 saturated carbocycles. The number of nitrogens with zero attached hydrogens (tertiary/aromatic N) is 3. The third-order valence-electron chi connectivity index (χ3n) is 7.64. The zero-order valence-electron chi connectivity index (χ0n) is 24.0. The van der Waals surface area contributed by atoms with E-state index < -0.39 is 0 Å². The number of benzene rings is 6. The summed E-state index contributed by atoms with van der Waals surface area (Å²) in [6.07, 6.45) is 5.50. The molecule has 6 aromatic carbocycles. The van der Waals surface area contributed by atoms with Gasteiger partial charge >= 0.3 is 0 Å². The third-order valence-corrected chi connectivity index (χ3v) is 7.64. The Hall–Kier alpha value is -5.02. The molecule has 0 fully saturated rings. The second kappa shape index (κ2) is 13.1. The predicted molar refractivity (Wildman–Crippen MR) is 180 cm³/mol. The van der Waals surface area contributed by atoms with E-state index in [0.29, 0.717) is 0 Å². The zero-order chi connectivity index (χ0) is 29.0. The Bertz CT molecular complexity index is 2160. The van der Waals surface area contributed by atoms with E-state index in [0.717, 1.165) is 27.3 Å². The van der Waals surface area contributed by atoms with Gasteiger partial charge in [0, 0.05) is 49.5 Å². The van der Waals surface area contributed by atoms with Gasteiger partial charge < -0.3 is 9.97 Å². The van der Waals surface area contributed by atoms with Crippen LogP contribution in [0.1, 0.15) is 5.56 Å². The first kappa shape index (κ1) is 29.1. The van der Waals surface area contributed by atoms with Crippen molar-refractivity contribution in [1.82, 2.24) is 15.0 Å². The van der Waals surface area contributed by atoms with Gasteiger partial charge in [0.1, 0.15) is 0 Å². The minimum atomic E-state index is 0. The molecule has 213 valence electrons. The van der Waals surface area contributed by atoms with E-state index in [1.807, 2.05) is 61.1 Å². The number of pyridine rings is 3. The van der Waals surface area contributed by atoms with E-state index in [1.54, 1.807) is 0 Å². The van der Waals surface area contributed by atoms with Gasteiger partial charge in [-0.25, -0.2) is 0 Å². The summed E-state index contributed by atoms with van der Waals surface area (Å²) in [6, 6.07) is 49.7. The van der Waals surface area contributed by atoms with Gasteiger partial charge in [-0.3, -0.25) is 4.98 Å². The number of hydrogen-bond acceptors (Lipinski definition) is 3. The standard InChI is InChI=1S/C14H11N.2C13H8N.Ir/c1-10-4-2-5-11-7-8-12-6-3-9-15-14(12)13(10)11;2*1-2-6-12-10(4-1)7-8-11-5-3-9-14-13(11)12;/h2-9H,1H3;2*1-5,7-9H;/q;2*-1;. The molecule has 44 heavy (non-hydrogen) atoms. The quantitative estimate of drug-likeness (QED) is 0.115. The fraction of sp³-hybridized carbons (Fsp3) is 0.0250. The number of aromatic nitrogens is 3. The van der Waals surface area contributed by atoms with E-state index in [1.165, 1.54) is 43.3 Å². The Morgan fingerprint density at radius 1 is 0.409 bits per heavy atom. The van der Waals surface area contributed by atoms with Crippen LogP contribution in [0.5, 0.6) is 0 Å². The molecule has 3 nitrogen and oxygen atoms in total. The molecule has 3 aromatic heterocycles. The molecule has 0 N–H and O–H groups in total. The molecule has 9 rings (SSSR count). The Balaban J connectivity index is 0.000000116. The maximum Gasteiger partial charge on any atom is 0.0782 e. The molecule has 0 saturated heterocycles. The Morgan fingerprint density at radius 2 is 0.818 bits per heavy atom. The number of rotatable bonds is 0. The van der Waals surface area contributed by atoms with Crippen molar-refractivity contribution in [2.24, 2.45) is 0 Å². The van der Waals surface area contributed by atoms with E-state index in [4.69, 9.17) is 0 Å². The second-order valence-corrected chi connectivity index (χ2v) is 10.4. The third kappa shape index (κ3) is 5.78. The van der Waals surface area contributed by atoms with Crippen molar-refractivity contribution in [3.8, 4) is 0 Å². The second-order valence-electron chi connectivity index (χ2n) is 10.4. The van der Waals surface area contributed by atoms with Crippen LogP contribution in [0.2, 0.25) is 0 Å². The van der Waals surface area contributed by atoms with Crippen molar-refractivity contribution in [1.29, 1.82) is 0 Å². The van der Waals surface area contributed by atoms with Crippen LogP contribution in [0.25, 0.3) is 65.0 Å². The molecule has 9 aromatic rings. The molecule has 0 aliphatic carbocycles. The van der Waals surface area contributed by atoms with Crippen LogP contribution in [0.3, 0.4) is 0 Å². The van der Waals surface area contributed by atoms with Gasteiger partial charge in [0.25, 0.3) is 0 Å². The smallest absolute Gasteiger partial charge is 0.0782 e. The summed E-state index contributed by atoms with van der Waals surface area (Å²) in [5, 5.41) is 10.7. The van der Waals surface area contributed by atoms with Gasteiger partial charge in [-0.1, -0.05) is 72.8 Å². The Kier molecular flexibility index (Phi) is 8.65. The van der Waals surface area contributed by atoms with Crippen molar-refractivity contribution < 1.29 is 20.1 Å². The number of aryl methyl sites for hydroxylation is 1. The first-order valence-corrected chi connectivity index (χ1v) is 14.3. The van der Waals surface area contributed by atoms with E-state index in [2.05, 4.69) is 119 Å². The largest absolute Gasteiger partial charge is 0.304 e. The number of fused-ring (bicyclic) bond motifs is 9. The molecule has 0 aliphatic rings. The summed E-state index contributed by atoms with van der Waals surface area (Å²) < 4.78 is 0. The SMILES string of the molecule is Cc1cccc2ccc3cccnc3c12.[Ir].[c-]1cccc2ccc3cccnc3c12.[c-]1cccc2ccc3cccnc3c12. The molecule has 1 radical (unpaired) electrons. The van der Waals surface area contributed by atoms with Crippen molar-refractivity contribution in [2.75, 3.05) is 0 Å². The summed E-state index contributed by atoms with van der Waals surface area (Å²) in [4.78, 5) is 13.2.